The van der Waals surface area contributed by atoms with E-state index >= 15 is 0 Å². The summed E-state index contributed by atoms with van der Waals surface area (Å²) in [6, 6.07) is 12.8. The number of nitrogens with one attached hydrogen (secondary N) is 1. The summed E-state index contributed by atoms with van der Waals surface area (Å²) in [6.07, 6.45) is 6.98. The predicted octanol–water partition coefficient (Wildman–Crippen LogP) is 4.87. The van der Waals surface area contributed by atoms with Crippen molar-refractivity contribution in [2.75, 3.05) is 20.6 Å². The van der Waals surface area contributed by atoms with Crippen LogP contribution < -0.4 is 4.74 Å². The third-order valence-corrected chi connectivity index (χ3v) is 10.1. The molecule has 2 aromatic heterocycles. The van der Waals surface area contributed by atoms with E-state index < -0.39 is 33.9 Å². The van der Waals surface area contributed by atoms with Crippen LogP contribution in [0, 0.1) is 0 Å². The van der Waals surface area contributed by atoms with Gasteiger partial charge in [-0.05, 0) is 48.4 Å². The van der Waals surface area contributed by atoms with Crippen LogP contribution in [0.4, 0.5) is 4.79 Å². The van der Waals surface area contributed by atoms with E-state index in [9.17, 15) is 27.9 Å². The van der Waals surface area contributed by atoms with Crippen molar-refractivity contribution < 1.29 is 32.6 Å². The van der Waals surface area contributed by atoms with Crippen LogP contribution in [-0.4, -0.2) is 86.7 Å². The Morgan fingerprint density at radius 2 is 1.88 bits per heavy atom. The third kappa shape index (κ3) is 6.19. The zero-order chi connectivity index (χ0) is 34.2. The number of hydrogen-bond acceptors (Lipinski definition) is 8. The Kier molecular flexibility index (Phi) is 8.86. The summed E-state index contributed by atoms with van der Waals surface area (Å²) in [5.41, 5.74) is 1.35. The number of nitrogens with zero attached hydrogens (tertiary/aromatic N) is 5. The highest BCUT2D eigenvalue weighted by Crippen LogP contribution is 2.35. The highest BCUT2D eigenvalue weighted by atomic mass is 35.5. The number of phenols is 1. The summed E-state index contributed by atoms with van der Waals surface area (Å²) in [6.45, 7) is 0.444. The molecular weight excluding hydrogens is 660 g/mol. The number of imidazole rings is 1. The van der Waals surface area contributed by atoms with Gasteiger partial charge in [0.15, 0.2) is 0 Å². The molecule has 1 unspecified atom stereocenters. The molecule has 1 aliphatic heterocycles. The zero-order valence-corrected chi connectivity index (χ0v) is 27.5. The van der Waals surface area contributed by atoms with Crippen LogP contribution in [-0.2, 0) is 27.8 Å². The van der Waals surface area contributed by atoms with Gasteiger partial charge in [0.2, 0.25) is 0 Å². The van der Waals surface area contributed by atoms with E-state index in [0.717, 1.165) is 21.9 Å². The molecule has 13 nitrogen and oxygen atoms in total. The van der Waals surface area contributed by atoms with E-state index in [4.69, 9.17) is 16.3 Å². The highest BCUT2D eigenvalue weighted by molar-refractivity contribution is 7.89. The van der Waals surface area contributed by atoms with Crippen molar-refractivity contribution in [1.82, 2.24) is 28.6 Å². The van der Waals surface area contributed by atoms with Crippen molar-refractivity contribution in [2.24, 2.45) is 0 Å². The number of carbonyl (C=O) groups excluding carboxylic acids is 3. The second kappa shape index (κ2) is 13.0. The van der Waals surface area contributed by atoms with Crippen molar-refractivity contribution >= 4 is 50.4 Å². The summed E-state index contributed by atoms with van der Waals surface area (Å²) in [5.74, 6) is -1.19. The predicted molar refractivity (Wildman–Crippen MR) is 176 cm³/mol. The first-order chi connectivity index (χ1) is 23.0. The molecule has 1 atom stereocenters. The van der Waals surface area contributed by atoms with Gasteiger partial charge in [-0.15, -0.1) is 0 Å². The van der Waals surface area contributed by atoms with Gasteiger partial charge in [0.1, 0.15) is 23.3 Å². The lowest BCUT2D eigenvalue weighted by atomic mass is 10.1. The Morgan fingerprint density at radius 1 is 1.08 bits per heavy atom. The maximum absolute atomic E-state index is 14.4. The van der Waals surface area contributed by atoms with E-state index in [1.54, 1.807) is 29.5 Å². The number of benzene rings is 3. The first-order valence-electron chi connectivity index (χ1n) is 14.9. The van der Waals surface area contributed by atoms with E-state index in [1.165, 1.54) is 49.3 Å². The first-order valence-corrected chi connectivity index (χ1v) is 16.7. The fourth-order valence-electron chi connectivity index (χ4n) is 5.57. The maximum Gasteiger partial charge on any atom is 0.341 e. The second-order valence-corrected chi connectivity index (χ2v) is 13.6. The number of amides is 4. The number of aryl methyl sites for hydroxylation is 1. The molecule has 0 saturated carbocycles. The monoisotopic (exact) mass is 690 g/mol. The van der Waals surface area contributed by atoms with Crippen LogP contribution in [0.3, 0.4) is 0 Å². The Bertz CT molecular complexity index is 2130. The van der Waals surface area contributed by atoms with Gasteiger partial charge < -0.3 is 24.3 Å². The number of aromatic hydroxyl groups is 1. The number of phenolic OH excluding ortho intramolecular Hbond substituents is 1. The van der Waals surface area contributed by atoms with Crippen molar-refractivity contribution in [3.8, 4) is 17.2 Å². The molecule has 0 radical (unpaired) electrons. The van der Waals surface area contributed by atoms with Crippen molar-refractivity contribution in [1.29, 1.82) is 0 Å². The Hall–Kier alpha value is -5.34. The van der Waals surface area contributed by atoms with E-state index in [0.29, 0.717) is 22.8 Å². The minimum Gasteiger partial charge on any atom is -0.506 e. The number of carbonyl (C=O) groups is 3. The van der Waals surface area contributed by atoms with Crippen molar-refractivity contribution in [3.05, 3.63) is 102 Å². The number of fused-ring (bicyclic) bond motifs is 1. The van der Waals surface area contributed by atoms with Gasteiger partial charge in [-0.2, -0.15) is 0 Å². The van der Waals surface area contributed by atoms with Gasteiger partial charge in [-0.25, -0.2) is 22.5 Å². The molecule has 0 aliphatic carbocycles. The summed E-state index contributed by atoms with van der Waals surface area (Å²) >= 11 is 6.02. The number of para-hydroxylation sites is 1. The molecule has 248 valence electrons. The molecule has 0 spiro atoms. The third-order valence-electron chi connectivity index (χ3n) is 7.99. The largest absolute Gasteiger partial charge is 0.506 e. The highest BCUT2D eigenvalue weighted by Gasteiger charge is 2.51. The molecule has 3 heterocycles. The zero-order valence-electron chi connectivity index (χ0n) is 25.9. The smallest absolute Gasteiger partial charge is 0.341 e. The number of aromatic amines is 1. The topological polar surface area (TPSA) is 158 Å². The molecule has 5 aromatic rings. The lowest BCUT2D eigenvalue weighted by Gasteiger charge is -2.23. The number of aromatic nitrogens is 3. The summed E-state index contributed by atoms with van der Waals surface area (Å²) in [5, 5.41) is 10.6. The second-order valence-electron chi connectivity index (χ2n) is 11.4. The van der Waals surface area contributed by atoms with Crippen molar-refractivity contribution in [2.45, 2.75) is 30.3 Å². The molecule has 1 fully saturated rings. The molecule has 1 saturated heterocycles. The van der Waals surface area contributed by atoms with Crippen LogP contribution in [0.25, 0.3) is 10.9 Å². The summed E-state index contributed by atoms with van der Waals surface area (Å²) < 4.78 is 37.1. The lowest BCUT2D eigenvalue weighted by molar-refractivity contribution is -0.128. The maximum atomic E-state index is 14.4. The number of hydrogen-bond donors (Lipinski definition) is 2. The van der Waals surface area contributed by atoms with Crippen LogP contribution in [0.15, 0.2) is 90.5 Å². The molecule has 2 N–H and O–H groups in total. The standard InChI is InChI=1S/C33H31ClN6O7S/c1-37(2)31(42)25-18-23(9-11-30(25)47-22-8-10-29(41)26(34)17-22)48(45,46)40-28(16-21-19-36-27-7-4-3-6-24(21)27)32(43)39(33(40)44)14-5-13-38-15-12-35-20-38/h3-4,6-12,15,17-20,28,36,41H,5,13-14,16H2,1-2H3. The quantitative estimate of drug-likeness (QED) is 0.186. The minimum atomic E-state index is -4.70. The average Bonchev–Trinajstić information content (AvgIpc) is 3.79. The Balaban J connectivity index is 1.37. The molecule has 1 aliphatic rings. The lowest BCUT2D eigenvalue weighted by Crippen LogP contribution is -2.41. The molecule has 4 amide bonds. The number of ether oxygens (including phenoxy) is 1. The Labute approximate surface area is 281 Å². The fourth-order valence-corrected chi connectivity index (χ4v) is 7.28. The first kappa shape index (κ1) is 32.6. The van der Waals surface area contributed by atoms with Crippen LogP contribution in [0.5, 0.6) is 17.2 Å². The van der Waals surface area contributed by atoms with E-state index in [-0.39, 0.29) is 45.7 Å². The normalized spacial score (nSPS) is 15.0. The van der Waals surface area contributed by atoms with Gasteiger partial charge >= 0.3 is 6.03 Å². The Morgan fingerprint density at radius 3 is 2.60 bits per heavy atom. The molecule has 15 heteroatoms. The average molecular weight is 691 g/mol. The van der Waals surface area contributed by atoms with Crippen molar-refractivity contribution in [3.63, 3.8) is 0 Å². The summed E-state index contributed by atoms with van der Waals surface area (Å²) in [7, 11) is -1.71. The number of rotatable bonds is 11. The van der Waals surface area contributed by atoms with Crippen LogP contribution in [0.2, 0.25) is 5.02 Å². The van der Waals surface area contributed by atoms with Gasteiger partial charge in [0.05, 0.1) is 21.8 Å². The molecule has 6 rings (SSSR count). The minimum absolute atomic E-state index is 0.00898. The number of sulfonamides is 1. The number of H-pyrrole nitrogens is 1. The number of urea groups is 1. The SMILES string of the molecule is CN(C)C(=O)c1cc(S(=O)(=O)N2C(=O)N(CCCn3ccnc3)C(=O)C2Cc2c[nH]c3ccccc23)ccc1Oc1ccc(O)c(Cl)c1. The van der Waals surface area contributed by atoms with E-state index in [2.05, 4.69) is 9.97 Å². The summed E-state index contributed by atoms with van der Waals surface area (Å²) in [4.78, 5) is 50.1. The van der Waals surface area contributed by atoms with E-state index in [1.807, 2.05) is 24.3 Å². The van der Waals surface area contributed by atoms with Crippen LogP contribution >= 0.6 is 11.6 Å². The fraction of sp³-hybridized carbons (Fsp3) is 0.212. The number of halogens is 1. The van der Waals surface area contributed by atoms with Gasteiger partial charge in [0, 0.05) is 69.2 Å². The molecule has 48 heavy (non-hydrogen) atoms. The molecule has 0 bridgehead atoms. The molecular formula is C33H31ClN6O7S. The van der Waals surface area contributed by atoms with Gasteiger partial charge in [-0.3, -0.25) is 14.5 Å². The van der Waals surface area contributed by atoms with Crippen LogP contribution in [0.1, 0.15) is 22.3 Å². The van der Waals surface area contributed by atoms with Gasteiger partial charge in [0.25, 0.3) is 21.8 Å². The number of imide groups is 1. The molecule has 3 aromatic carbocycles. The van der Waals surface area contributed by atoms with Gasteiger partial charge in [-0.1, -0.05) is 29.8 Å².